The molecular weight excluding hydrogens is 251 g/mol. The summed E-state index contributed by atoms with van der Waals surface area (Å²) in [5.41, 5.74) is 0.503. The molecule has 0 amide bonds. The van der Waals surface area contributed by atoms with Crippen LogP contribution in [0.2, 0.25) is 5.02 Å². The van der Waals surface area contributed by atoms with Gasteiger partial charge in [0.2, 0.25) is 0 Å². The van der Waals surface area contributed by atoms with E-state index in [0.717, 1.165) is 13.1 Å². The number of nitrogens with one attached hydrogen (secondary N) is 1. The zero-order valence-corrected chi connectivity index (χ0v) is 11.7. The van der Waals surface area contributed by atoms with E-state index < -0.39 is 0 Å². The monoisotopic (exact) mass is 270 g/mol. The molecule has 0 radical (unpaired) electrons. The zero-order valence-electron chi connectivity index (χ0n) is 10.9. The summed E-state index contributed by atoms with van der Waals surface area (Å²) in [6, 6.07) is 5.33. The average Bonchev–Trinajstić information content (AvgIpc) is 2.35. The molecule has 0 aromatic heterocycles. The molecule has 100 valence electrons. The summed E-state index contributed by atoms with van der Waals surface area (Å²) < 4.78 is 13.8. The maximum atomic E-state index is 13.8. The Morgan fingerprint density at radius 3 is 3.00 bits per heavy atom. The Hall–Kier alpha value is -0.800. The number of benzene rings is 1. The van der Waals surface area contributed by atoms with Crippen molar-refractivity contribution in [2.45, 2.75) is 25.8 Å². The Morgan fingerprint density at radius 2 is 2.28 bits per heavy atom. The summed E-state index contributed by atoms with van der Waals surface area (Å²) in [6.07, 6.45) is 2.41. The second-order valence-electron chi connectivity index (χ2n) is 5.20. The topological polar surface area (TPSA) is 15.3 Å². The van der Waals surface area contributed by atoms with Crippen molar-refractivity contribution >= 4 is 17.3 Å². The number of likely N-dealkylation sites (tertiary alicyclic amines) is 1. The molecular formula is C14H20ClFN2. The van der Waals surface area contributed by atoms with Crippen LogP contribution in [0.5, 0.6) is 0 Å². The third-order valence-electron chi connectivity index (χ3n) is 3.70. The van der Waals surface area contributed by atoms with Crippen molar-refractivity contribution in [3.05, 3.63) is 29.0 Å². The fraction of sp³-hybridized carbons (Fsp3) is 0.571. The molecule has 1 aromatic carbocycles. The SMILES string of the molecule is CC(Nc1cccc(Cl)c1F)C1CCCN(C)C1. The van der Waals surface area contributed by atoms with Gasteiger partial charge in [-0.1, -0.05) is 17.7 Å². The summed E-state index contributed by atoms with van der Waals surface area (Å²) >= 11 is 5.78. The van der Waals surface area contributed by atoms with Gasteiger partial charge in [-0.15, -0.1) is 0 Å². The van der Waals surface area contributed by atoms with Crippen LogP contribution in [-0.2, 0) is 0 Å². The molecule has 4 heteroatoms. The molecule has 2 unspecified atom stereocenters. The zero-order chi connectivity index (χ0) is 13.1. The van der Waals surface area contributed by atoms with Crippen LogP contribution in [0.25, 0.3) is 0 Å². The number of anilines is 1. The Kier molecular flexibility index (Phi) is 4.46. The molecule has 2 atom stereocenters. The van der Waals surface area contributed by atoms with Gasteiger partial charge >= 0.3 is 0 Å². The lowest BCUT2D eigenvalue weighted by Gasteiger charge is -2.34. The van der Waals surface area contributed by atoms with E-state index in [-0.39, 0.29) is 16.9 Å². The third-order valence-corrected chi connectivity index (χ3v) is 3.99. The highest BCUT2D eigenvalue weighted by Gasteiger charge is 2.23. The number of hydrogen-bond donors (Lipinski definition) is 1. The minimum absolute atomic E-state index is 0.174. The van der Waals surface area contributed by atoms with E-state index in [2.05, 4.69) is 24.2 Å². The highest BCUT2D eigenvalue weighted by Crippen LogP contribution is 2.26. The lowest BCUT2D eigenvalue weighted by Crippen LogP contribution is -2.40. The van der Waals surface area contributed by atoms with Gasteiger partial charge in [-0.3, -0.25) is 0 Å². The van der Waals surface area contributed by atoms with Gasteiger partial charge in [-0.25, -0.2) is 4.39 Å². The van der Waals surface area contributed by atoms with Crippen LogP contribution in [-0.4, -0.2) is 31.1 Å². The average molecular weight is 271 g/mol. The lowest BCUT2D eigenvalue weighted by molar-refractivity contribution is 0.197. The summed E-state index contributed by atoms with van der Waals surface area (Å²) in [6.45, 7) is 4.34. The van der Waals surface area contributed by atoms with Crippen molar-refractivity contribution in [1.29, 1.82) is 0 Å². The van der Waals surface area contributed by atoms with Crippen LogP contribution in [0.3, 0.4) is 0 Å². The summed E-state index contributed by atoms with van der Waals surface area (Å²) in [5, 5.41) is 3.43. The van der Waals surface area contributed by atoms with Crippen LogP contribution in [0.15, 0.2) is 18.2 Å². The standard InChI is InChI=1S/C14H20ClFN2/c1-10(11-5-4-8-18(2)9-11)17-13-7-3-6-12(15)14(13)16/h3,6-7,10-11,17H,4-5,8-9H2,1-2H3. The van der Waals surface area contributed by atoms with Gasteiger partial charge in [-0.2, -0.15) is 0 Å². The Labute approximate surface area is 113 Å². The minimum atomic E-state index is -0.352. The van der Waals surface area contributed by atoms with E-state index in [4.69, 9.17) is 11.6 Å². The Balaban J connectivity index is 2.02. The van der Waals surface area contributed by atoms with Crippen LogP contribution in [0.4, 0.5) is 10.1 Å². The normalized spacial score (nSPS) is 22.8. The number of halogens is 2. The molecule has 2 nitrogen and oxygen atoms in total. The van der Waals surface area contributed by atoms with E-state index in [9.17, 15) is 4.39 Å². The molecule has 1 saturated heterocycles. The van der Waals surface area contributed by atoms with Gasteiger partial charge in [0.1, 0.15) is 0 Å². The highest BCUT2D eigenvalue weighted by molar-refractivity contribution is 6.31. The highest BCUT2D eigenvalue weighted by atomic mass is 35.5. The molecule has 1 aliphatic heterocycles. The second kappa shape index (κ2) is 5.89. The molecule has 2 rings (SSSR count). The summed E-state index contributed by atoms with van der Waals surface area (Å²) in [4.78, 5) is 2.33. The molecule has 1 aromatic rings. The maximum absolute atomic E-state index is 13.8. The molecule has 1 heterocycles. The first-order valence-corrected chi connectivity index (χ1v) is 6.85. The number of piperidine rings is 1. The molecule has 1 fully saturated rings. The van der Waals surface area contributed by atoms with Crippen molar-refractivity contribution in [2.75, 3.05) is 25.5 Å². The first-order chi connectivity index (χ1) is 8.58. The van der Waals surface area contributed by atoms with Crippen LogP contribution in [0.1, 0.15) is 19.8 Å². The molecule has 0 aliphatic carbocycles. The predicted octanol–water partition coefficient (Wildman–Crippen LogP) is 3.62. The van der Waals surface area contributed by atoms with E-state index in [1.807, 2.05) is 0 Å². The number of rotatable bonds is 3. The molecule has 0 spiro atoms. The molecule has 0 saturated carbocycles. The Morgan fingerprint density at radius 1 is 1.50 bits per heavy atom. The fourth-order valence-electron chi connectivity index (χ4n) is 2.59. The first kappa shape index (κ1) is 13.6. The molecule has 1 aliphatic rings. The van der Waals surface area contributed by atoms with Gasteiger partial charge in [0.05, 0.1) is 10.7 Å². The van der Waals surface area contributed by atoms with Crippen LogP contribution >= 0.6 is 11.6 Å². The molecule has 1 N–H and O–H groups in total. The van der Waals surface area contributed by atoms with Crippen molar-refractivity contribution < 1.29 is 4.39 Å². The summed E-state index contributed by atoms with van der Waals surface area (Å²) in [7, 11) is 2.14. The van der Waals surface area contributed by atoms with Crippen molar-refractivity contribution in [2.24, 2.45) is 5.92 Å². The van der Waals surface area contributed by atoms with Crippen LogP contribution < -0.4 is 5.32 Å². The maximum Gasteiger partial charge on any atom is 0.164 e. The largest absolute Gasteiger partial charge is 0.380 e. The van der Waals surface area contributed by atoms with E-state index in [1.165, 1.54) is 12.8 Å². The number of nitrogens with zero attached hydrogens (tertiary/aromatic N) is 1. The van der Waals surface area contributed by atoms with Crippen molar-refractivity contribution in [3.63, 3.8) is 0 Å². The third kappa shape index (κ3) is 3.15. The lowest BCUT2D eigenvalue weighted by atomic mass is 9.92. The number of hydrogen-bond acceptors (Lipinski definition) is 2. The first-order valence-electron chi connectivity index (χ1n) is 6.47. The van der Waals surface area contributed by atoms with E-state index in [1.54, 1.807) is 18.2 Å². The predicted molar refractivity (Wildman–Crippen MR) is 74.7 cm³/mol. The van der Waals surface area contributed by atoms with Crippen LogP contribution in [0, 0.1) is 11.7 Å². The van der Waals surface area contributed by atoms with Gasteiger partial charge in [0.15, 0.2) is 5.82 Å². The fourth-order valence-corrected chi connectivity index (χ4v) is 2.77. The van der Waals surface area contributed by atoms with Crippen molar-refractivity contribution in [3.8, 4) is 0 Å². The van der Waals surface area contributed by atoms with Crippen molar-refractivity contribution in [1.82, 2.24) is 4.90 Å². The Bertz CT molecular complexity index is 411. The minimum Gasteiger partial charge on any atom is -0.380 e. The van der Waals surface area contributed by atoms with Gasteiger partial charge in [0, 0.05) is 12.6 Å². The molecule has 0 bridgehead atoms. The quantitative estimate of drug-likeness (QED) is 0.902. The molecule has 18 heavy (non-hydrogen) atoms. The van der Waals surface area contributed by atoms with Gasteiger partial charge < -0.3 is 10.2 Å². The summed E-state index contributed by atoms with van der Waals surface area (Å²) in [5.74, 6) is 0.206. The van der Waals surface area contributed by atoms with E-state index in [0.29, 0.717) is 11.6 Å². The smallest absolute Gasteiger partial charge is 0.164 e. The van der Waals surface area contributed by atoms with Gasteiger partial charge in [0.25, 0.3) is 0 Å². The van der Waals surface area contributed by atoms with E-state index >= 15 is 0 Å². The van der Waals surface area contributed by atoms with Gasteiger partial charge in [-0.05, 0) is 51.4 Å². The second-order valence-corrected chi connectivity index (χ2v) is 5.61.